The maximum absolute atomic E-state index is 12.6. The van der Waals surface area contributed by atoms with Gasteiger partial charge in [0.25, 0.3) is 0 Å². The molecule has 0 spiro atoms. The minimum absolute atomic E-state index is 0.0976. The molecule has 0 saturated carbocycles. The van der Waals surface area contributed by atoms with E-state index in [1.54, 1.807) is 0 Å². The molecule has 1 aliphatic heterocycles. The van der Waals surface area contributed by atoms with E-state index in [4.69, 9.17) is 23.7 Å². The van der Waals surface area contributed by atoms with Gasteiger partial charge < -0.3 is 29.0 Å². The number of ether oxygens (including phenoxy) is 5. The van der Waals surface area contributed by atoms with Gasteiger partial charge in [-0.2, -0.15) is 0 Å². The molecule has 12 heteroatoms. The first kappa shape index (κ1) is 24.7. The molecule has 2 rings (SSSR count). The quantitative estimate of drug-likeness (QED) is 0.435. The van der Waals surface area contributed by atoms with E-state index in [0.29, 0.717) is 0 Å². The number of aromatic nitrogens is 1. The number of rotatable bonds is 7. The summed E-state index contributed by atoms with van der Waals surface area (Å²) in [6, 6.07) is 1.73. The maximum atomic E-state index is 12.6. The van der Waals surface area contributed by atoms with Crippen molar-refractivity contribution in [3.8, 4) is 0 Å². The fourth-order valence-corrected chi connectivity index (χ4v) is 3.05. The summed E-state index contributed by atoms with van der Waals surface area (Å²) in [5.41, 5.74) is 0.0976. The van der Waals surface area contributed by atoms with Crippen LogP contribution in [0.15, 0.2) is 24.5 Å². The summed E-state index contributed by atoms with van der Waals surface area (Å²) in [4.78, 5) is 63.0. The van der Waals surface area contributed by atoms with Gasteiger partial charge in [0.2, 0.25) is 12.2 Å². The van der Waals surface area contributed by atoms with Gasteiger partial charge in [-0.3, -0.25) is 24.2 Å². The Morgan fingerprint density at radius 3 is 2.16 bits per heavy atom. The van der Waals surface area contributed by atoms with E-state index in [-0.39, 0.29) is 5.56 Å². The number of hydrogen-bond acceptors (Lipinski definition) is 11. The number of carbonyl (C=O) groups is 5. The van der Waals surface area contributed by atoms with Gasteiger partial charge in [-0.05, 0) is 12.1 Å². The van der Waals surface area contributed by atoms with E-state index in [0.717, 1.165) is 20.8 Å². The Morgan fingerprint density at radius 2 is 1.62 bits per heavy atom. The molecule has 5 atom stereocenters. The summed E-state index contributed by atoms with van der Waals surface area (Å²) in [6.07, 6.45) is -2.53. The highest BCUT2D eigenvalue weighted by Crippen LogP contribution is 2.28. The highest BCUT2D eigenvalue weighted by Gasteiger charge is 2.52. The number of carbonyl (C=O) groups excluding carboxylic acids is 5. The third-order valence-corrected chi connectivity index (χ3v) is 4.19. The first-order chi connectivity index (χ1) is 15.1. The van der Waals surface area contributed by atoms with Crippen LogP contribution in [0, 0.1) is 0 Å². The van der Waals surface area contributed by atoms with Gasteiger partial charge in [0, 0.05) is 40.1 Å². The SMILES string of the molecule is CC(=O)N[C@@H]1[C@@H](OC(=O)c2cccnc2)O[C@@H](COC(C)=O)[C@@H](OC(C)=O)[C@@H]1OC(C)=O. The summed E-state index contributed by atoms with van der Waals surface area (Å²) in [7, 11) is 0. The van der Waals surface area contributed by atoms with Gasteiger partial charge in [0.15, 0.2) is 12.2 Å². The third-order valence-electron chi connectivity index (χ3n) is 4.19. The number of pyridine rings is 1. The predicted molar refractivity (Wildman–Crippen MR) is 104 cm³/mol. The number of nitrogens with zero attached hydrogens (tertiary/aromatic N) is 1. The Balaban J connectivity index is 2.42. The zero-order valence-electron chi connectivity index (χ0n) is 17.9. The van der Waals surface area contributed by atoms with Crippen molar-refractivity contribution in [3.05, 3.63) is 30.1 Å². The lowest BCUT2D eigenvalue weighted by molar-refractivity contribution is -0.263. The van der Waals surface area contributed by atoms with E-state index in [9.17, 15) is 24.0 Å². The van der Waals surface area contributed by atoms with E-state index >= 15 is 0 Å². The average Bonchev–Trinajstić information content (AvgIpc) is 2.70. The molecular formula is C20H24N2O10. The second-order valence-electron chi connectivity index (χ2n) is 6.87. The van der Waals surface area contributed by atoms with Crippen molar-refractivity contribution in [1.29, 1.82) is 0 Å². The van der Waals surface area contributed by atoms with Crippen LogP contribution in [0.25, 0.3) is 0 Å². The fourth-order valence-electron chi connectivity index (χ4n) is 3.05. The van der Waals surface area contributed by atoms with Gasteiger partial charge >= 0.3 is 23.9 Å². The van der Waals surface area contributed by atoms with Crippen molar-refractivity contribution in [2.75, 3.05) is 6.61 Å². The Labute approximate surface area is 183 Å². The minimum Gasteiger partial charge on any atom is -0.463 e. The van der Waals surface area contributed by atoms with E-state index in [2.05, 4.69) is 10.3 Å². The normalized spacial score (nSPS) is 24.6. The van der Waals surface area contributed by atoms with Crippen LogP contribution in [-0.4, -0.2) is 72.0 Å². The molecule has 0 aliphatic carbocycles. The molecule has 0 radical (unpaired) electrons. The molecule has 1 amide bonds. The monoisotopic (exact) mass is 452 g/mol. The molecule has 1 saturated heterocycles. The second kappa shape index (κ2) is 11.2. The summed E-state index contributed by atoms with van der Waals surface area (Å²) in [5, 5.41) is 2.50. The molecule has 1 aliphatic rings. The van der Waals surface area contributed by atoms with Crippen LogP contribution in [0.3, 0.4) is 0 Å². The zero-order valence-corrected chi connectivity index (χ0v) is 17.9. The Morgan fingerprint density at radius 1 is 0.969 bits per heavy atom. The molecule has 1 N–H and O–H groups in total. The van der Waals surface area contributed by atoms with Crippen molar-refractivity contribution in [2.45, 2.75) is 58.3 Å². The van der Waals surface area contributed by atoms with Gasteiger partial charge in [0.1, 0.15) is 18.8 Å². The molecule has 0 bridgehead atoms. The zero-order chi connectivity index (χ0) is 23.8. The van der Waals surface area contributed by atoms with Crippen LogP contribution in [0.1, 0.15) is 38.1 Å². The highest BCUT2D eigenvalue weighted by molar-refractivity contribution is 5.89. The lowest BCUT2D eigenvalue weighted by Gasteiger charge is -2.44. The van der Waals surface area contributed by atoms with Crippen LogP contribution in [0.4, 0.5) is 0 Å². The molecule has 1 aromatic heterocycles. The van der Waals surface area contributed by atoms with Crippen molar-refractivity contribution in [1.82, 2.24) is 10.3 Å². The standard InChI is InChI=1S/C20H24N2O10/c1-10(23)22-16-18(30-13(4)26)17(29-12(3)25)15(9-28-11(2)24)31-20(16)32-19(27)14-6-5-7-21-8-14/h5-8,15-18,20H,9H2,1-4H3,(H,22,23)/t15-,16-,17+,18+,20+/m0/s1. The van der Waals surface area contributed by atoms with Gasteiger partial charge in [-0.25, -0.2) is 4.79 Å². The second-order valence-corrected chi connectivity index (χ2v) is 6.87. The van der Waals surface area contributed by atoms with Crippen LogP contribution in [-0.2, 0) is 42.9 Å². The Kier molecular flexibility index (Phi) is 8.64. The lowest BCUT2D eigenvalue weighted by atomic mass is 9.96. The molecule has 1 fully saturated rings. The van der Waals surface area contributed by atoms with Gasteiger partial charge in [-0.15, -0.1) is 0 Å². The van der Waals surface area contributed by atoms with Crippen molar-refractivity contribution >= 4 is 29.8 Å². The molecule has 32 heavy (non-hydrogen) atoms. The predicted octanol–water partition coefficient (Wildman–Crippen LogP) is -0.105. The number of nitrogens with one attached hydrogen (secondary N) is 1. The summed E-state index contributed by atoms with van der Waals surface area (Å²) in [5.74, 6) is -3.54. The van der Waals surface area contributed by atoms with Gasteiger partial charge in [-0.1, -0.05) is 0 Å². The van der Waals surface area contributed by atoms with Crippen molar-refractivity contribution in [3.63, 3.8) is 0 Å². The first-order valence-electron chi connectivity index (χ1n) is 9.59. The van der Waals surface area contributed by atoms with E-state index in [1.165, 1.54) is 31.5 Å². The molecule has 1 aromatic rings. The Hall–Kier alpha value is -3.54. The average molecular weight is 452 g/mol. The number of esters is 4. The molecule has 12 nitrogen and oxygen atoms in total. The topological polar surface area (TPSA) is 156 Å². The van der Waals surface area contributed by atoms with Gasteiger partial charge in [0.05, 0.1) is 5.56 Å². The van der Waals surface area contributed by atoms with Crippen LogP contribution < -0.4 is 5.32 Å². The number of hydrogen-bond donors (Lipinski definition) is 1. The first-order valence-corrected chi connectivity index (χ1v) is 9.59. The van der Waals surface area contributed by atoms with Crippen LogP contribution in [0.2, 0.25) is 0 Å². The van der Waals surface area contributed by atoms with Crippen LogP contribution in [0.5, 0.6) is 0 Å². The lowest BCUT2D eigenvalue weighted by Crippen LogP contribution is -2.66. The molecule has 2 heterocycles. The minimum atomic E-state index is -1.48. The fraction of sp³-hybridized carbons (Fsp3) is 0.500. The summed E-state index contributed by atoms with van der Waals surface area (Å²) < 4.78 is 26.7. The maximum Gasteiger partial charge on any atom is 0.342 e. The van der Waals surface area contributed by atoms with Crippen molar-refractivity contribution in [2.24, 2.45) is 0 Å². The van der Waals surface area contributed by atoms with Crippen LogP contribution >= 0.6 is 0 Å². The Bertz CT molecular complexity index is 859. The smallest absolute Gasteiger partial charge is 0.342 e. The number of amides is 1. The molecule has 0 aromatic carbocycles. The van der Waals surface area contributed by atoms with E-state index in [1.807, 2.05) is 0 Å². The molecule has 174 valence electrons. The van der Waals surface area contributed by atoms with Crippen molar-refractivity contribution < 1.29 is 47.7 Å². The summed E-state index contributed by atoms with van der Waals surface area (Å²) >= 11 is 0. The summed E-state index contributed by atoms with van der Waals surface area (Å²) in [6.45, 7) is 4.18. The largest absolute Gasteiger partial charge is 0.463 e. The molecule has 0 unspecified atom stereocenters. The van der Waals surface area contributed by atoms with E-state index < -0.39 is 67.0 Å². The third kappa shape index (κ3) is 7.01. The highest BCUT2D eigenvalue weighted by atomic mass is 16.7. The molecular weight excluding hydrogens is 428 g/mol.